The van der Waals surface area contributed by atoms with E-state index in [2.05, 4.69) is 18.0 Å². The Labute approximate surface area is 131 Å². The lowest BCUT2D eigenvalue weighted by molar-refractivity contribution is -0.133. The average Bonchev–Trinajstić information content (AvgIpc) is 3.05. The van der Waals surface area contributed by atoms with Crippen molar-refractivity contribution in [2.45, 2.75) is 38.3 Å². The van der Waals surface area contributed by atoms with Crippen LogP contribution >= 0.6 is 12.4 Å². The standard InChI is InChI=1S/C16H21N3O.ClH/c1-11-5-4-8-19(11)16(20)14(17)9-12-10-18-15-7-3-2-6-13(12)15;/h2-3,6-7,10-11,14,18H,4-5,8-9,17H2,1H3;1H/t11?,14-;/m0./s1. The van der Waals surface area contributed by atoms with Gasteiger partial charge >= 0.3 is 0 Å². The van der Waals surface area contributed by atoms with Crippen LogP contribution in [0.2, 0.25) is 0 Å². The largest absolute Gasteiger partial charge is 0.361 e. The van der Waals surface area contributed by atoms with Gasteiger partial charge in [-0.15, -0.1) is 12.4 Å². The van der Waals surface area contributed by atoms with Crippen molar-refractivity contribution in [3.63, 3.8) is 0 Å². The summed E-state index contributed by atoms with van der Waals surface area (Å²) < 4.78 is 0. The number of aromatic nitrogens is 1. The van der Waals surface area contributed by atoms with E-state index >= 15 is 0 Å². The Bertz CT molecular complexity index is 625. The maximum Gasteiger partial charge on any atom is 0.240 e. The molecule has 0 spiro atoms. The first-order valence-corrected chi connectivity index (χ1v) is 7.28. The van der Waals surface area contributed by atoms with E-state index in [1.165, 1.54) is 0 Å². The van der Waals surface area contributed by atoms with Gasteiger partial charge in [0, 0.05) is 29.7 Å². The highest BCUT2D eigenvalue weighted by molar-refractivity contribution is 5.86. The van der Waals surface area contributed by atoms with Crippen LogP contribution in [0.3, 0.4) is 0 Å². The Balaban J connectivity index is 0.00000161. The molecule has 0 bridgehead atoms. The van der Waals surface area contributed by atoms with E-state index in [1.807, 2.05) is 29.3 Å². The quantitative estimate of drug-likeness (QED) is 0.915. The smallest absolute Gasteiger partial charge is 0.240 e. The maximum absolute atomic E-state index is 12.4. The Kier molecular flexibility index (Phi) is 4.91. The first kappa shape index (κ1) is 15.9. The molecular weight excluding hydrogens is 286 g/mol. The molecule has 0 aliphatic carbocycles. The third-order valence-electron chi connectivity index (χ3n) is 4.27. The molecule has 1 aromatic carbocycles. The van der Waals surface area contributed by atoms with Gasteiger partial charge in [-0.05, 0) is 37.8 Å². The second-order valence-electron chi connectivity index (χ2n) is 5.69. The molecule has 21 heavy (non-hydrogen) atoms. The van der Waals surface area contributed by atoms with E-state index in [-0.39, 0.29) is 18.3 Å². The van der Waals surface area contributed by atoms with Crippen LogP contribution < -0.4 is 5.73 Å². The van der Waals surface area contributed by atoms with Crippen LogP contribution in [-0.4, -0.2) is 34.4 Å². The lowest BCUT2D eigenvalue weighted by Gasteiger charge is -2.24. The van der Waals surface area contributed by atoms with Gasteiger partial charge in [-0.3, -0.25) is 4.79 Å². The fraction of sp³-hybridized carbons (Fsp3) is 0.438. The van der Waals surface area contributed by atoms with Gasteiger partial charge in [-0.1, -0.05) is 18.2 Å². The molecule has 1 aliphatic rings. The zero-order valence-corrected chi connectivity index (χ0v) is 13.0. The summed E-state index contributed by atoms with van der Waals surface area (Å²) in [7, 11) is 0. The van der Waals surface area contributed by atoms with Crippen molar-refractivity contribution < 1.29 is 4.79 Å². The number of nitrogens with two attached hydrogens (primary N) is 1. The molecule has 4 nitrogen and oxygen atoms in total. The van der Waals surface area contributed by atoms with Crippen molar-refractivity contribution in [2.24, 2.45) is 5.73 Å². The number of halogens is 1. The van der Waals surface area contributed by atoms with E-state index in [1.54, 1.807) is 0 Å². The van der Waals surface area contributed by atoms with E-state index < -0.39 is 6.04 Å². The molecule has 1 aliphatic heterocycles. The number of benzene rings is 1. The summed E-state index contributed by atoms with van der Waals surface area (Å²) in [5.41, 5.74) is 8.35. The number of rotatable bonds is 3. The molecule has 1 saturated heterocycles. The summed E-state index contributed by atoms with van der Waals surface area (Å²) in [6, 6.07) is 7.99. The van der Waals surface area contributed by atoms with Gasteiger partial charge < -0.3 is 15.6 Å². The predicted molar refractivity (Wildman–Crippen MR) is 87.6 cm³/mol. The number of aromatic amines is 1. The fourth-order valence-corrected chi connectivity index (χ4v) is 3.10. The van der Waals surface area contributed by atoms with Crippen LogP contribution in [-0.2, 0) is 11.2 Å². The van der Waals surface area contributed by atoms with E-state index in [0.29, 0.717) is 12.5 Å². The minimum Gasteiger partial charge on any atom is -0.361 e. The number of hydrogen-bond donors (Lipinski definition) is 2. The first-order chi connectivity index (χ1) is 9.66. The molecule has 114 valence electrons. The highest BCUT2D eigenvalue weighted by Crippen LogP contribution is 2.21. The summed E-state index contributed by atoms with van der Waals surface area (Å²) >= 11 is 0. The number of H-pyrrole nitrogens is 1. The minimum atomic E-state index is -0.449. The number of nitrogens with zero attached hydrogens (tertiary/aromatic N) is 1. The lowest BCUT2D eigenvalue weighted by Crippen LogP contribution is -2.46. The zero-order chi connectivity index (χ0) is 14.1. The maximum atomic E-state index is 12.4. The third kappa shape index (κ3) is 3.06. The molecule has 5 heteroatoms. The topological polar surface area (TPSA) is 62.1 Å². The van der Waals surface area contributed by atoms with Gasteiger partial charge in [0.05, 0.1) is 6.04 Å². The highest BCUT2D eigenvalue weighted by Gasteiger charge is 2.29. The molecule has 1 amide bonds. The molecule has 3 rings (SSSR count). The molecule has 3 N–H and O–H groups in total. The van der Waals surface area contributed by atoms with Gasteiger partial charge in [-0.25, -0.2) is 0 Å². The number of likely N-dealkylation sites (tertiary alicyclic amines) is 1. The first-order valence-electron chi connectivity index (χ1n) is 7.28. The summed E-state index contributed by atoms with van der Waals surface area (Å²) in [5, 5.41) is 1.16. The van der Waals surface area contributed by atoms with Crippen LogP contribution in [0.15, 0.2) is 30.5 Å². The van der Waals surface area contributed by atoms with Crippen molar-refractivity contribution in [3.8, 4) is 0 Å². The molecule has 0 saturated carbocycles. The Morgan fingerprint density at radius 3 is 2.95 bits per heavy atom. The highest BCUT2D eigenvalue weighted by atomic mass is 35.5. The predicted octanol–water partition coefficient (Wildman–Crippen LogP) is 2.47. The van der Waals surface area contributed by atoms with E-state index in [9.17, 15) is 4.79 Å². The second-order valence-corrected chi connectivity index (χ2v) is 5.69. The molecule has 2 aromatic rings. The molecule has 1 fully saturated rings. The van der Waals surface area contributed by atoms with Crippen LogP contribution in [0.25, 0.3) is 10.9 Å². The van der Waals surface area contributed by atoms with Crippen molar-refractivity contribution >= 4 is 29.2 Å². The third-order valence-corrected chi connectivity index (χ3v) is 4.27. The van der Waals surface area contributed by atoms with Crippen LogP contribution in [0.5, 0.6) is 0 Å². The normalized spacial score (nSPS) is 19.5. The number of para-hydroxylation sites is 1. The summed E-state index contributed by atoms with van der Waals surface area (Å²) in [5.74, 6) is 0.0836. The van der Waals surface area contributed by atoms with Gasteiger partial charge in [0.1, 0.15) is 0 Å². The minimum absolute atomic E-state index is 0. The number of hydrogen-bond acceptors (Lipinski definition) is 2. The zero-order valence-electron chi connectivity index (χ0n) is 12.2. The fourth-order valence-electron chi connectivity index (χ4n) is 3.10. The Morgan fingerprint density at radius 1 is 1.48 bits per heavy atom. The molecule has 2 atom stereocenters. The number of amides is 1. The van der Waals surface area contributed by atoms with Gasteiger partial charge in [-0.2, -0.15) is 0 Å². The summed E-state index contributed by atoms with van der Waals surface area (Å²) in [6.07, 6.45) is 4.73. The van der Waals surface area contributed by atoms with Crippen LogP contribution in [0.1, 0.15) is 25.3 Å². The SMILES string of the molecule is CC1CCCN1C(=O)[C@@H](N)Cc1c[nH]c2ccccc12.Cl. The average molecular weight is 308 g/mol. The second kappa shape index (κ2) is 6.50. The molecule has 2 heterocycles. The lowest BCUT2D eigenvalue weighted by atomic mass is 10.0. The number of fused-ring (bicyclic) bond motifs is 1. The van der Waals surface area contributed by atoms with Crippen molar-refractivity contribution in [2.75, 3.05) is 6.54 Å². The van der Waals surface area contributed by atoms with Gasteiger partial charge in [0.15, 0.2) is 0 Å². The van der Waals surface area contributed by atoms with Gasteiger partial charge in [0.25, 0.3) is 0 Å². The van der Waals surface area contributed by atoms with Crippen molar-refractivity contribution in [3.05, 3.63) is 36.0 Å². The van der Waals surface area contributed by atoms with E-state index in [4.69, 9.17) is 5.73 Å². The van der Waals surface area contributed by atoms with Crippen LogP contribution in [0, 0.1) is 0 Å². The summed E-state index contributed by atoms with van der Waals surface area (Å²) in [6.45, 7) is 2.95. The monoisotopic (exact) mass is 307 g/mol. The molecular formula is C16H22ClN3O. The van der Waals surface area contributed by atoms with Crippen molar-refractivity contribution in [1.29, 1.82) is 0 Å². The number of carbonyl (C=O) groups is 1. The summed E-state index contributed by atoms with van der Waals surface area (Å²) in [4.78, 5) is 17.6. The molecule has 1 unspecified atom stereocenters. The Hall–Kier alpha value is -1.52. The van der Waals surface area contributed by atoms with Crippen molar-refractivity contribution in [1.82, 2.24) is 9.88 Å². The molecule has 1 aromatic heterocycles. The van der Waals surface area contributed by atoms with Crippen LogP contribution in [0.4, 0.5) is 0 Å². The Morgan fingerprint density at radius 2 is 2.24 bits per heavy atom. The van der Waals surface area contributed by atoms with Gasteiger partial charge in [0.2, 0.25) is 5.91 Å². The molecule has 0 radical (unpaired) electrons. The number of nitrogens with one attached hydrogen (secondary N) is 1. The van der Waals surface area contributed by atoms with E-state index in [0.717, 1.165) is 35.9 Å². The number of carbonyl (C=O) groups excluding carboxylic acids is 1.